The van der Waals surface area contributed by atoms with Crippen molar-refractivity contribution < 1.29 is 9.84 Å². The lowest BCUT2D eigenvalue weighted by Crippen LogP contribution is -2.33. The van der Waals surface area contributed by atoms with Gasteiger partial charge in [0.15, 0.2) is 0 Å². The molecule has 0 saturated carbocycles. The van der Waals surface area contributed by atoms with Crippen molar-refractivity contribution in [2.24, 2.45) is 0 Å². The Morgan fingerprint density at radius 3 is 2.33 bits per heavy atom. The van der Waals surface area contributed by atoms with Gasteiger partial charge in [0.05, 0.1) is 17.6 Å². The second kappa shape index (κ2) is 7.27. The highest BCUT2D eigenvalue weighted by molar-refractivity contribution is 7.16. The van der Waals surface area contributed by atoms with E-state index in [-0.39, 0.29) is 12.1 Å². The normalized spacial score (nSPS) is 15.5. The number of ether oxygens (including phenoxy) is 1. The van der Waals surface area contributed by atoms with E-state index >= 15 is 0 Å². The number of benzene rings is 1. The van der Waals surface area contributed by atoms with Crippen molar-refractivity contribution in [3.8, 4) is 5.75 Å². The second-order valence-corrected chi connectivity index (χ2v) is 6.78. The van der Waals surface area contributed by atoms with E-state index < -0.39 is 6.10 Å². The second-order valence-electron chi connectivity index (χ2n) is 5.04. The number of methoxy groups -OCH3 is 1. The van der Waals surface area contributed by atoms with Crippen LogP contribution in [0.5, 0.6) is 5.75 Å². The summed E-state index contributed by atoms with van der Waals surface area (Å²) in [6, 6.07) is 11.4. The largest absolute Gasteiger partial charge is 0.497 e. The maximum Gasteiger partial charge on any atom is 0.118 e. The Hall–Kier alpha value is -1.07. The third-order valence-electron chi connectivity index (χ3n) is 3.46. The molecule has 0 aliphatic carbocycles. The van der Waals surface area contributed by atoms with Gasteiger partial charge in [-0.3, -0.25) is 0 Å². The Morgan fingerprint density at radius 1 is 1.14 bits per heavy atom. The molecular formula is C16H20ClNO2S. The highest BCUT2D eigenvalue weighted by atomic mass is 35.5. The topological polar surface area (TPSA) is 41.5 Å². The number of aliphatic hydroxyl groups is 1. The molecule has 0 spiro atoms. The van der Waals surface area contributed by atoms with Crippen molar-refractivity contribution in [3.05, 3.63) is 51.2 Å². The molecule has 3 unspecified atom stereocenters. The Kier molecular flexibility index (Phi) is 5.65. The molecule has 0 amide bonds. The molecule has 0 saturated heterocycles. The van der Waals surface area contributed by atoms with Crippen LogP contribution in [-0.4, -0.2) is 18.3 Å². The number of nitrogens with one attached hydrogen (secondary N) is 1. The first-order chi connectivity index (χ1) is 10.0. The van der Waals surface area contributed by atoms with Gasteiger partial charge in [-0.25, -0.2) is 0 Å². The average molecular weight is 326 g/mol. The van der Waals surface area contributed by atoms with Gasteiger partial charge >= 0.3 is 0 Å². The van der Waals surface area contributed by atoms with Gasteiger partial charge in [-0.05, 0) is 43.7 Å². The predicted molar refractivity (Wildman–Crippen MR) is 88.3 cm³/mol. The monoisotopic (exact) mass is 325 g/mol. The van der Waals surface area contributed by atoms with Crippen LogP contribution < -0.4 is 10.1 Å². The molecule has 1 aromatic heterocycles. The average Bonchev–Trinajstić information content (AvgIpc) is 2.93. The number of aliphatic hydroxyl groups excluding tert-OH is 1. The van der Waals surface area contributed by atoms with Gasteiger partial charge in [-0.15, -0.1) is 11.3 Å². The van der Waals surface area contributed by atoms with Crippen LogP contribution in [0.2, 0.25) is 4.34 Å². The van der Waals surface area contributed by atoms with Crippen LogP contribution in [0.15, 0.2) is 36.4 Å². The van der Waals surface area contributed by atoms with Crippen molar-refractivity contribution in [3.63, 3.8) is 0 Å². The summed E-state index contributed by atoms with van der Waals surface area (Å²) in [6.07, 6.45) is -0.575. The standard InChI is InChI=1S/C16H20ClNO2S/c1-10(14-8-9-15(17)21-14)18-11(2)16(19)12-4-6-13(20-3)7-5-12/h4-11,16,18-19H,1-3H3. The van der Waals surface area contributed by atoms with Crippen molar-refractivity contribution >= 4 is 22.9 Å². The third kappa shape index (κ3) is 4.20. The molecule has 114 valence electrons. The minimum Gasteiger partial charge on any atom is -0.497 e. The lowest BCUT2D eigenvalue weighted by molar-refractivity contribution is 0.131. The van der Waals surface area contributed by atoms with Gasteiger partial charge in [-0.2, -0.15) is 0 Å². The van der Waals surface area contributed by atoms with Gasteiger partial charge < -0.3 is 15.2 Å². The Bertz CT molecular complexity index is 570. The zero-order valence-corrected chi connectivity index (χ0v) is 13.9. The summed E-state index contributed by atoms with van der Waals surface area (Å²) in [5.74, 6) is 0.785. The van der Waals surface area contributed by atoms with E-state index in [9.17, 15) is 5.11 Å². The maximum atomic E-state index is 10.4. The zero-order chi connectivity index (χ0) is 15.4. The molecule has 0 bridgehead atoms. The van der Waals surface area contributed by atoms with Gasteiger partial charge in [-0.1, -0.05) is 23.7 Å². The smallest absolute Gasteiger partial charge is 0.118 e. The Labute approximate surface area is 134 Å². The highest BCUT2D eigenvalue weighted by Crippen LogP contribution is 2.28. The minimum atomic E-state index is -0.575. The van der Waals surface area contributed by atoms with Crippen LogP contribution in [0.4, 0.5) is 0 Å². The summed E-state index contributed by atoms with van der Waals surface area (Å²) in [6.45, 7) is 4.04. The van der Waals surface area contributed by atoms with Crippen LogP contribution in [0.3, 0.4) is 0 Å². The molecule has 1 heterocycles. The molecule has 0 radical (unpaired) electrons. The van der Waals surface area contributed by atoms with E-state index in [2.05, 4.69) is 12.2 Å². The van der Waals surface area contributed by atoms with Gasteiger partial charge in [0.1, 0.15) is 5.75 Å². The summed E-state index contributed by atoms with van der Waals surface area (Å²) in [4.78, 5) is 1.16. The van der Waals surface area contributed by atoms with E-state index in [0.717, 1.165) is 20.5 Å². The number of hydrogen-bond donors (Lipinski definition) is 2. The number of halogens is 1. The van der Waals surface area contributed by atoms with Crippen LogP contribution in [0, 0.1) is 0 Å². The van der Waals surface area contributed by atoms with Crippen LogP contribution in [-0.2, 0) is 0 Å². The summed E-state index contributed by atoms with van der Waals surface area (Å²) in [5, 5.41) is 13.8. The molecule has 3 atom stereocenters. The summed E-state index contributed by atoms with van der Waals surface area (Å²) < 4.78 is 5.91. The van der Waals surface area contributed by atoms with E-state index in [1.54, 1.807) is 18.4 Å². The van der Waals surface area contributed by atoms with Crippen molar-refractivity contribution in [2.45, 2.75) is 32.0 Å². The minimum absolute atomic E-state index is 0.0747. The molecular weight excluding hydrogens is 306 g/mol. The van der Waals surface area contributed by atoms with Crippen LogP contribution in [0.25, 0.3) is 0 Å². The van der Waals surface area contributed by atoms with E-state index in [0.29, 0.717) is 0 Å². The van der Waals surface area contributed by atoms with Crippen LogP contribution >= 0.6 is 22.9 Å². The molecule has 0 fully saturated rings. The van der Waals surface area contributed by atoms with Gasteiger partial charge in [0, 0.05) is 17.0 Å². The van der Waals surface area contributed by atoms with Crippen molar-refractivity contribution in [2.75, 3.05) is 7.11 Å². The van der Waals surface area contributed by atoms with Gasteiger partial charge in [0.2, 0.25) is 0 Å². The lowest BCUT2D eigenvalue weighted by atomic mass is 10.0. The fourth-order valence-electron chi connectivity index (χ4n) is 2.22. The highest BCUT2D eigenvalue weighted by Gasteiger charge is 2.19. The summed E-state index contributed by atoms with van der Waals surface area (Å²) in [5.41, 5.74) is 0.868. The Balaban J connectivity index is 1.99. The van der Waals surface area contributed by atoms with Crippen LogP contribution in [0.1, 0.15) is 36.4 Å². The quantitative estimate of drug-likeness (QED) is 0.837. The third-order valence-corrected chi connectivity index (χ3v) is 4.88. The first-order valence-corrected chi connectivity index (χ1v) is 8.04. The molecule has 1 aromatic carbocycles. The van der Waals surface area contributed by atoms with Crippen molar-refractivity contribution in [1.82, 2.24) is 5.32 Å². The van der Waals surface area contributed by atoms with E-state index in [1.807, 2.05) is 43.3 Å². The molecule has 2 aromatic rings. The fraction of sp³-hybridized carbons (Fsp3) is 0.375. The summed E-state index contributed by atoms with van der Waals surface area (Å²) >= 11 is 7.51. The van der Waals surface area contributed by atoms with Gasteiger partial charge in [0.25, 0.3) is 0 Å². The molecule has 0 aliphatic heterocycles. The first-order valence-electron chi connectivity index (χ1n) is 6.84. The fourth-order valence-corrected chi connectivity index (χ4v) is 3.29. The van der Waals surface area contributed by atoms with Crippen molar-refractivity contribution in [1.29, 1.82) is 0 Å². The molecule has 2 rings (SSSR count). The number of thiophene rings is 1. The Morgan fingerprint density at radius 2 is 1.81 bits per heavy atom. The maximum absolute atomic E-state index is 10.4. The molecule has 3 nitrogen and oxygen atoms in total. The molecule has 0 aliphatic rings. The molecule has 2 N–H and O–H groups in total. The first kappa shape index (κ1) is 16.3. The lowest BCUT2D eigenvalue weighted by Gasteiger charge is -2.24. The van der Waals surface area contributed by atoms with E-state index in [4.69, 9.17) is 16.3 Å². The number of rotatable bonds is 6. The predicted octanol–water partition coefficient (Wildman–Crippen LogP) is 4.18. The molecule has 5 heteroatoms. The molecule has 21 heavy (non-hydrogen) atoms. The zero-order valence-electron chi connectivity index (χ0n) is 12.3. The SMILES string of the molecule is COc1ccc(C(O)C(C)NC(C)c2ccc(Cl)s2)cc1. The summed E-state index contributed by atoms with van der Waals surface area (Å²) in [7, 11) is 1.63. The number of hydrogen-bond acceptors (Lipinski definition) is 4. The van der Waals surface area contributed by atoms with E-state index in [1.165, 1.54) is 0 Å².